The molecule has 0 aliphatic heterocycles. The molecule has 0 saturated carbocycles. The van der Waals surface area contributed by atoms with Gasteiger partial charge in [0.05, 0.1) is 12.5 Å². The zero-order valence-corrected chi connectivity index (χ0v) is 10.1. The molecular formula is C14H18N2O. The lowest BCUT2D eigenvalue weighted by Crippen LogP contribution is -2.27. The van der Waals surface area contributed by atoms with Crippen molar-refractivity contribution in [1.82, 2.24) is 10.3 Å². The van der Waals surface area contributed by atoms with Gasteiger partial charge in [-0.3, -0.25) is 4.98 Å². The van der Waals surface area contributed by atoms with Crippen LogP contribution in [-0.2, 0) is 12.8 Å². The molecule has 0 aliphatic rings. The number of hydrogen-bond donors (Lipinski definition) is 1. The number of nitrogens with zero attached hydrogens (tertiary/aromatic N) is 1. The van der Waals surface area contributed by atoms with E-state index < -0.39 is 0 Å². The van der Waals surface area contributed by atoms with Crippen LogP contribution in [0.15, 0.2) is 47.5 Å². The molecule has 0 saturated heterocycles. The van der Waals surface area contributed by atoms with Gasteiger partial charge in [0.1, 0.15) is 0 Å². The van der Waals surface area contributed by atoms with Crippen molar-refractivity contribution >= 4 is 0 Å². The molecule has 1 atom stereocenters. The predicted octanol–water partition coefficient (Wildman–Crippen LogP) is 2.44. The first kappa shape index (κ1) is 11.9. The smallest absolute Gasteiger partial charge is 0.0935 e. The van der Waals surface area contributed by atoms with Gasteiger partial charge < -0.3 is 9.73 Å². The Morgan fingerprint density at radius 2 is 2.06 bits per heavy atom. The van der Waals surface area contributed by atoms with Crippen LogP contribution in [0.4, 0.5) is 0 Å². The average Bonchev–Trinajstić information content (AvgIpc) is 2.88. The molecule has 2 aromatic heterocycles. The zero-order chi connectivity index (χ0) is 11.9. The van der Waals surface area contributed by atoms with E-state index in [-0.39, 0.29) is 0 Å². The second-order valence-electron chi connectivity index (χ2n) is 4.22. The molecule has 3 heteroatoms. The third-order valence-electron chi connectivity index (χ3n) is 3.00. The second-order valence-corrected chi connectivity index (χ2v) is 4.22. The second kappa shape index (κ2) is 6.21. The van der Waals surface area contributed by atoms with Gasteiger partial charge in [0.15, 0.2) is 0 Å². The van der Waals surface area contributed by atoms with Crippen molar-refractivity contribution in [3.05, 3.63) is 54.2 Å². The van der Waals surface area contributed by atoms with Crippen LogP contribution < -0.4 is 5.32 Å². The highest BCUT2D eigenvalue weighted by atomic mass is 16.3. The van der Waals surface area contributed by atoms with Gasteiger partial charge in [0.2, 0.25) is 0 Å². The zero-order valence-electron chi connectivity index (χ0n) is 10.1. The van der Waals surface area contributed by atoms with Crippen LogP contribution in [-0.4, -0.2) is 18.1 Å². The van der Waals surface area contributed by atoms with Crippen LogP contribution in [0.3, 0.4) is 0 Å². The van der Waals surface area contributed by atoms with Crippen molar-refractivity contribution in [2.45, 2.75) is 25.3 Å². The molecule has 90 valence electrons. The normalized spacial score (nSPS) is 12.5. The van der Waals surface area contributed by atoms with E-state index in [1.165, 1.54) is 11.1 Å². The number of aromatic nitrogens is 1. The summed E-state index contributed by atoms with van der Waals surface area (Å²) in [6, 6.07) is 6.66. The lowest BCUT2D eigenvalue weighted by molar-refractivity contribution is 0.512. The fraction of sp³-hybridized carbons (Fsp3) is 0.357. The number of pyridine rings is 1. The number of likely N-dealkylation sites (N-methyl/N-ethyl adjacent to an activating group) is 1. The quantitative estimate of drug-likeness (QED) is 0.828. The average molecular weight is 230 g/mol. The molecule has 2 aromatic rings. The summed E-state index contributed by atoms with van der Waals surface area (Å²) in [6.07, 6.45) is 10.4. The van der Waals surface area contributed by atoms with Crippen molar-refractivity contribution in [2.24, 2.45) is 0 Å². The summed E-state index contributed by atoms with van der Waals surface area (Å²) in [5, 5.41) is 3.35. The van der Waals surface area contributed by atoms with E-state index in [9.17, 15) is 0 Å². The highest BCUT2D eigenvalue weighted by molar-refractivity contribution is 5.11. The monoisotopic (exact) mass is 230 g/mol. The van der Waals surface area contributed by atoms with E-state index in [0.29, 0.717) is 6.04 Å². The van der Waals surface area contributed by atoms with Crippen LogP contribution in [0.25, 0.3) is 0 Å². The first-order valence-electron chi connectivity index (χ1n) is 5.95. The fourth-order valence-electron chi connectivity index (χ4n) is 1.93. The van der Waals surface area contributed by atoms with Gasteiger partial charge in [0, 0.05) is 18.4 Å². The van der Waals surface area contributed by atoms with Crippen molar-refractivity contribution < 1.29 is 4.42 Å². The summed E-state index contributed by atoms with van der Waals surface area (Å²) in [5.41, 5.74) is 2.59. The Morgan fingerprint density at radius 1 is 1.24 bits per heavy atom. The van der Waals surface area contributed by atoms with Gasteiger partial charge in [0.25, 0.3) is 0 Å². The SMILES string of the molecule is CNC(CCc1ccncc1)Cc1ccoc1. The van der Waals surface area contributed by atoms with Crippen LogP contribution in [0, 0.1) is 0 Å². The topological polar surface area (TPSA) is 38.1 Å². The number of furan rings is 1. The van der Waals surface area contributed by atoms with Gasteiger partial charge >= 0.3 is 0 Å². The lowest BCUT2D eigenvalue weighted by atomic mass is 10.0. The summed E-state index contributed by atoms with van der Waals surface area (Å²) < 4.78 is 5.09. The van der Waals surface area contributed by atoms with E-state index in [1.54, 1.807) is 6.26 Å². The van der Waals surface area contributed by atoms with Crippen molar-refractivity contribution in [3.8, 4) is 0 Å². The Bertz CT molecular complexity index is 411. The molecule has 0 aromatic carbocycles. The number of nitrogens with one attached hydrogen (secondary N) is 1. The summed E-state index contributed by atoms with van der Waals surface area (Å²) in [4.78, 5) is 4.03. The minimum Gasteiger partial charge on any atom is -0.472 e. The first-order valence-corrected chi connectivity index (χ1v) is 5.95. The highest BCUT2D eigenvalue weighted by Crippen LogP contribution is 2.09. The van der Waals surface area contributed by atoms with Crippen LogP contribution in [0.2, 0.25) is 0 Å². The van der Waals surface area contributed by atoms with E-state index >= 15 is 0 Å². The summed E-state index contributed by atoms with van der Waals surface area (Å²) in [5.74, 6) is 0. The molecule has 0 bridgehead atoms. The maximum atomic E-state index is 5.09. The van der Waals surface area contributed by atoms with Crippen LogP contribution in [0.5, 0.6) is 0 Å². The summed E-state index contributed by atoms with van der Waals surface area (Å²) in [6.45, 7) is 0. The van der Waals surface area contributed by atoms with E-state index in [4.69, 9.17) is 4.42 Å². The van der Waals surface area contributed by atoms with E-state index in [0.717, 1.165) is 19.3 Å². The Balaban J connectivity index is 1.84. The van der Waals surface area contributed by atoms with Gasteiger partial charge in [-0.15, -0.1) is 0 Å². The Morgan fingerprint density at radius 3 is 2.71 bits per heavy atom. The Kier molecular flexibility index (Phi) is 4.33. The summed E-state index contributed by atoms with van der Waals surface area (Å²) >= 11 is 0. The molecule has 0 aliphatic carbocycles. The van der Waals surface area contributed by atoms with Gasteiger partial charge in [-0.2, -0.15) is 0 Å². The molecule has 0 amide bonds. The molecule has 0 radical (unpaired) electrons. The number of hydrogen-bond acceptors (Lipinski definition) is 3. The maximum Gasteiger partial charge on any atom is 0.0935 e. The molecule has 17 heavy (non-hydrogen) atoms. The molecule has 1 N–H and O–H groups in total. The minimum absolute atomic E-state index is 0.487. The largest absolute Gasteiger partial charge is 0.472 e. The fourth-order valence-corrected chi connectivity index (χ4v) is 1.93. The molecule has 0 fully saturated rings. The van der Waals surface area contributed by atoms with Crippen LogP contribution in [0.1, 0.15) is 17.5 Å². The lowest BCUT2D eigenvalue weighted by Gasteiger charge is -2.14. The Labute approximate surface area is 102 Å². The number of aryl methyl sites for hydroxylation is 1. The predicted molar refractivity (Wildman–Crippen MR) is 67.8 cm³/mol. The highest BCUT2D eigenvalue weighted by Gasteiger charge is 2.08. The third-order valence-corrected chi connectivity index (χ3v) is 3.00. The molecule has 3 nitrogen and oxygen atoms in total. The molecular weight excluding hydrogens is 212 g/mol. The maximum absolute atomic E-state index is 5.09. The van der Waals surface area contributed by atoms with Crippen LogP contribution >= 0.6 is 0 Å². The van der Waals surface area contributed by atoms with E-state index in [1.807, 2.05) is 31.8 Å². The van der Waals surface area contributed by atoms with Gasteiger partial charge in [-0.1, -0.05) is 0 Å². The molecule has 0 spiro atoms. The molecule has 2 rings (SSSR count). The standard InChI is InChI=1S/C14H18N2O/c1-15-14(10-13-6-9-17-11-13)3-2-12-4-7-16-8-5-12/h4-9,11,14-15H,2-3,10H2,1H3. The van der Waals surface area contributed by atoms with Crippen molar-refractivity contribution in [3.63, 3.8) is 0 Å². The van der Waals surface area contributed by atoms with Crippen molar-refractivity contribution in [1.29, 1.82) is 0 Å². The van der Waals surface area contributed by atoms with Crippen molar-refractivity contribution in [2.75, 3.05) is 7.05 Å². The van der Waals surface area contributed by atoms with Gasteiger partial charge in [-0.05, 0) is 55.6 Å². The van der Waals surface area contributed by atoms with E-state index in [2.05, 4.69) is 22.4 Å². The first-order chi connectivity index (χ1) is 8.38. The minimum atomic E-state index is 0.487. The van der Waals surface area contributed by atoms with Gasteiger partial charge in [-0.25, -0.2) is 0 Å². The number of rotatable bonds is 6. The summed E-state index contributed by atoms with van der Waals surface area (Å²) in [7, 11) is 2.01. The molecule has 1 unspecified atom stereocenters. The Hall–Kier alpha value is -1.61. The third kappa shape index (κ3) is 3.71. The molecule has 2 heterocycles.